The summed E-state index contributed by atoms with van der Waals surface area (Å²) in [7, 11) is 1.88. The Labute approximate surface area is 95.5 Å². The van der Waals surface area contributed by atoms with Crippen LogP contribution in [0.1, 0.15) is 13.3 Å². The lowest BCUT2D eigenvalue weighted by Crippen LogP contribution is -1.96. The van der Waals surface area contributed by atoms with E-state index in [1.807, 2.05) is 25.2 Å². The molecule has 2 rings (SSSR count). The highest BCUT2D eigenvalue weighted by molar-refractivity contribution is 5.92. The molecule has 3 nitrogen and oxygen atoms in total. The lowest BCUT2D eigenvalue weighted by molar-refractivity contribution is 0.318. The third kappa shape index (κ3) is 2.08. The molecule has 3 heteroatoms. The number of anilines is 1. The first kappa shape index (κ1) is 10.7. The first-order valence-corrected chi connectivity index (χ1v) is 5.54. The molecular weight excluding hydrogens is 200 g/mol. The van der Waals surface area contributed by atoms with Crippen LogP contribution in [0.3, 0.4) is 0 Å². The number of pyridine rings is 1. The molecule has 0 amide bonds. The van der Waals surface area contributed by atoms with Crippen LogP contribution in [0.15, 0.2) is 30.5 Å². The fraction of sp³-hybridized carbons (Fsp3) is 0.308. The molecule has 1 heterocycles. The normalized spacial score (nSPS) is 10.4. The largest absolute Gasteiger partial charge is 0.494 e. The summed E-state index contributed by atoms with van der Waals surface area (Å²) >= 11 is 0. The minimum atomic E-state index is 0.751. The standard InChI is InChI=1S/C13H16N2O/c1-3-8-16-11-5-4-10-6-7-15-13(14-2)12(10)9-11/h4-7,9H,3,8H2,1-2H3,(H,14,15). The van der Waals surface area contributed by atoms with E-state index in [2.05, 4.69) is 23.3 Å². The topological polar surface area (TPSA) is 34.1 Å². The predicted octanol–water partition coefficient (Wildman–Crippen LogP) is 3.07. The van der Waals surface area contributed by atoms with Gasteiger partial charge in [-0.15, -0.1) is 0 Å². The van der Waals surface area contributed by atoms with Crippen molar-refractivity contribution in [2.75, 3.05) is 19.0 Å². The fourth-order valence-electron chi connectivity index (χ4n) is 1.66. The van der Waals surface area contributed by atoms with E-state index in [0.717, 1.165) is 30.0 Å². The van der Waals surface area contributed by atoms with Crippen molar-refractivity contribution in [1.82, 2.24) is 4.98 Å². The molecule has 1 N–H and O–H groups in total. The van der Waals surface area contributed by atoms with E-state index in [4.69, 9.17) is 4.74 Å². The lowest BCUT2D eigenvalue weighted by atomic mass is 10.1. The molecule has 0 aliphatic rings. The summed E-state index contributed by atoms with van der Waals surface area (Å²) in [4.78, 5) is 4.28. The van der Waals surface area contributed by atoms with Crippen molar-refractivity contribution >= 4 is 16.6 Å². The third-order valence-corrected chi connectivity index (χ3v) is 2.45. The second-order valence-electron chi connectivity index (χ2n) is 3.64. The molecule has 0 fully saturated rings. The van der Waals surface area contributed by atoms with Crippen LogP contribution in [0, 0.1) is 0 Å². The minimum Gasteiger partial charge on any atom is -0.494 e. The molecule has 0 aliphatic carbocycles. The molecule has 0 bridgehead atoms. The maximum absolute atomic E-state index is 5.61. The van der Waals surface area contributed by atoms with Crippen LogP contribution in [-0.2, 0) is 0 Å². The SMILES string of the molecule is CCCOc1ccc2ccnc(NC)c2c1. The van der Waals surface area contributed by atoms with Gasteiger partial charge in [0.05, 0.1) is 6.61 Å². The molecule has 0 saturated carbocycles. The Morgan fingerprint density at radius 3 is 2.94 bits per heavy atom. The van der Waals surface area contributed by atoms with E-state index in [1.54, 1.807) is 6.20 Å². The molecule has 16 heavy (non-hydrogen) atoms. The number of aromatic nitrogens is 1. The summed E-state index contributed by atoms with van der Waals surface area (Å²) in [5, 5.41) is 5.35. The van der Waals surface area contributed by atoms with Gasteiger partial charge in [-0.2, -0.15) is 0 Å². The Kier molecular flexibility index (Phi) is 3.25. The van der Waals surface area contributed by atoms with Crippen molar-refractivity contribution in [3.63, 3.8) is 0 Å². The molecule has 0 unspecified atom stereocenters. The molecule has 2 aromatic rings. The van der Waals surface area contributed by atoms with Crippen LogP contribution in [0.2, 0.25) is 0 Å². The van der Waals surface area contributed by atoms with Gasteiger partial charge >= 0.3 is 0 Å². The van der Waals surface area contributed by atoms with Gasteiger partial charge < -0.3 is 10.1 Å². The van der Waals surface area contributed by atoms with Crippen molar-refractivity contribution in [3.8, 4) is 5.75 Å². The molecule has 0 radical (unpaired) electrons. The van der Waals surface area contributed by atoms with Crippen LogP contribution in [0.5, 0.6) is 5.75 Å². The molecule has 1 aromatic carbocycles. The summed E-state index contributed by atoms with van der Waals surface area (Å²) in [6, 6.07) is 8.09. The van der Waals surface area contributed by atoms with E-state index in [9.17, 15) is 0 Å². The Morgan fingerprint density at radius 2 is 2.19 bits per heavy atom. The zero-order chi connectivity index (χ0) is 11.4. The average molecular weight is 216 g/mol. The van der Waals surface area contributed by atoms with E-state index in [1.165, 1.54) is 5.39 Å². The molecule has 0 aliphatic heterocycles. The number of fused-ring (bicyclic) bond motifs is 1. The first-order chi connectivity index (χ1) is 7.85. The molecule has 0 saturated heterocycles. The lowest BCUT2D eigenvalue weighted by Gasteiger charge is -2.08. The van der Waals surface area contributed by atoms with Crippen molar-refractivity contribution in [1.29, 1.82) is 0 Å². The smallest absolute Gasteiger partial charge is 0.133 e. The van der Waals surface area contributed by atoms with Gasteiger partial charge in [0, 0.05) is 18.6 Å². The predicted molar refractivity (Wildman–Crippen MR) is 67.1 cm³/mol. The fourth-order valence-corrected chi connectivity index (χ4v) is 1.66. The Bertz CT molecular complexity index is 482. The summed E-state index contributed by atoms with van der Waals surface area (Å²) in [5.41, 5.74) is 0. The molecule has 84 valence electrons. The number of hydrogen-bond acceptors (Lipinski definition) is 3. The number of hydrogen-bond donors (Lipinski definition) is 1. The quantitative estimate of drug-likeness (QED) is 0.852. The summed E-state index contributed by atoms with van der Waals surface area (Å²) < 4.78 is 5.61. The Balaban J connectivity index is 2.42. The maximum Gasteiger partial charge on any atom is 0.133 e. The maximum atomic E-state index is 5.61. The molecule has 0 atom stereocenters. The summed E-state index contributed by atoms with van der Waals surface area (Å²) in [6.07, 6.45) is 2.82. The van der Waals surface area contributed by atoms with Crippen LogP contribution in [0.4, 0.5) is 5.82 Å². The van der Waals surface area contributed by atoms with E-state index in [0.29, 0.717) is 0 Å². The number of nitrogens with one attached hydrogen (secondary N) is 1. The van der Waals surface area contributed by atoms with Gasteiger partial charge in [-0.1, -0.05) is 13.0 Å². The van der Waals surface area contributed by atoms with Gasteiger partial charge in [0.1, 0.15) is 11.6 Å². The first-order valence-electron chi connectivity index (χ1n) is 5.54. The number of ether oxygens (including phenoxy) is 1. The van der Waals surface area contributed by atoms with E-state index < -0.39 is 0 Å². The van der Waals surface area contributed by atoms with E-state index >= 15 is 0 Å². The van der Waals surface area contributed by atoms with Crippen molar-refractivity contribution in [3.05, 3.63) is 30.5 Å². The van der Waals surface area contributed by atoms with Crippen molar-refractivity contribution < 1.29 is 4.74 Å². The highest BCUT2D eigenvalue weighted by Crippen LogP contribution is 2.25. The van der Waals surface area contributed by atoms with Crippen LogP contribution in [-0.4, -0.2) is 18.6 Å². The average Bonchev–Trinajstić information content (AvgIpc) is 2.35. The van der Waals surface area contributed by atoms with E-state index in [-0.39, 0.29) is 0 Å². The van der Waals surface area contributed by atoms with Crippen LogP contribution >= 0.6 is 0 Å². The summed E-state index contributed by atoms with van der Waals surface area (Å²) in [5.74, 6) is 1.79. The van der Waals surface area contributed by atoms with Crippen molar-refractivity contribution in [2.24, 2.45) is 0 Å². The molecule has 0 spiro atoms. The van der Waals surface area contributed by atoms with Gasteiger partial charge in [0.2, 0.25) is 0 Å². The summed E-state index contributed by atoms with van der Waals surface area (Å²) in [6.45, 7) is 2.85. The third-order valence-electron chi connectivity index (χ3n) is 2.45. The van der Waals surface area contributed by atoms with Crippen LogP contribution < -0.4 is 10.1 Å². The highest BCUT2D eigenvalue weighted by Gasteiger charge is 2.02. The second-order valence-corrected chi connectivity index (χ2v) is 3.64. The number of rotatable bonds is 4. The molecular formula is C13H16N2O. The highest BCUT2D eigenvalue weighted by atomic mass is 16.5. The molecule has 1 aromatic heterocycles. The monoisotopic (exact) mass is 216 g/mol. The van der Waals surface area contributed by atoms with Gasteiger partial charge in [-0.3, -0.25) is 0 Å². The van der Waals surface area contributed by atoms with Gasteiger partial charge in [0.15, 0.2) is 0 Å². The Morgan fingerprint density at radius 1 is 1.31 bits per heavy atom. The number of nitrogens with zero attached hydrogens (tertiary/aromatic N) is 1. The van der Waals surface area contributed by atoms with Gasteiger partial charge in [0.25, 0.3) is 0 Å². The minimum absolute atomic E-state index is 0.751. The number of benzene rings is 1. The van der Waals surface area contributed by atoms with Gasteiger partial charge in [-0.25, -0.2) is 4.98 Å². The van der Waals surface area contributed by atoms with Crippen molar-refractivity contribution in [2.45, 2.75) is 13.3 Å². The van der Waals surface area contributed by atoms with Crippen LogP contribution in [0.25, 0.3) is 10.8 Å². The second kappa shape index (κ2) is 4.84. The Hall–Kier alpha value is -1.77. The zero-order valence-electron chi connectivity index (χ0n) is 9.66. The van der Waals surface area contributed by atoms with Gasteiger partial charge in [-0.05, 0) is 30.0 Å². The zero-order valence-corrected chi connectivity index (χ0v) is 9.66.